The fourth-order valence-corrected chi connectivity index (χ4v) is 2.86. The van der Waals surface area contributed by atoms with E-state index < -0.39 is 5.91 Å². The first-order valence-corrected chi connectivity index (χ1v) is 7.73. The molecule has 0 spiro atoms. The summed E-state index contributed by atoms with van der Waals surface area (Å²) in [6, 6.07) is 14.5. The molecule has 1 aliphatic heterocycles. The molecule has 0 bridgehead atoms. The standard InChI is InChI=1S/C18H19N3O3/c1-24-16-12-14(8-9-15(16)17(19)22)21-11-5-10-20(18(21)23)13-6-3-2-4-7-13/h2-4,6-9,12H,5,10-11H2,1H3,(H2,19,22). The molecule has 6 heteroatoms. The second kappa shape index (κ2) is 6.62. The highest BCUT2D eigenvalue weighted by atomic mass is 16.5. The zero-order valence-corrected chi connectivity index (χ0v) is 13.4. The zero-order valence-electron chi connectivity index (χ0n) is 13.4. The van der Waals surface area contributed by atoms with Gasteiger partial charge in [0, 0.05) is 30.5 Å². The van der Waals surface area contributed by atoms with Gasteiger partial charge in [0.15, 0.2) is 0 Å². The fourth-order valence-electron chi connectivity index (χ4n) is 2.86. The highest BCUT2D eigenvalue weighted by Crippen LogP contribution is 2.29. The van der Waals surface area contributed by atoms with E-state index in [1.807, 2.05) is 30.3 Å². The SMILES string of the molecule is COc1cc(N2CCCN(c3ccccc3)C2=O)ccc1C(N)=O. The van der Waals surface area contributed by atoms with Crippen molar-refractivity contribution in [3.63, 3.8) is 0 Å². The third-order valence-electron chi connectivity index (χ3n) is 4.06. The third-order valence-corrected chi connectivity index (χ3v) is 4.06. The lowest BCUT2D eigenvalue weighted by atomic mass is 10.1. The monoisotopic (exact) mass is 325 g/mol. The van der Waals surface area contributed by atoms with Crippen LogP contribution in [0.15, 0.2) is 48.5 Å². The summed E-state index contributed by atoms with van der Waals surface area (Å²) in [5.74, 6) is -0.195. The number of amides is 3. The Bertz CT molecular complexity index is 761. The Morgan fingerprint density at radius 3 is 2.33 bits per heavy atom. The number of nitrogens with two attached hydrogens (primary N) is 1. The fraction of sp³-hybridized carbons (Fsp3) is 0.222. The molecule has 1 aliphatic rings. The molecule has 124 valence electrons. The predicted molar refractivity (Wildman–Crippen MR) is 92.7 cm³/mol. The molecule has 3 amide bonds. The Hall–Kier alpha value is -3.02. The van der Waals surface area contributed by atoms with Crippen LogP contribution in [0.4, 0.5) is 16.2 Å². The van der Waals surface area contributed by atoms with E-state index in [9.17, 15) is 9.59 Å². The van der Waals surface area contributed by atoms with E-state index in [0.29, 0.717) is 30.1 Å². The molecule has 0 unspecified atom stereocenters. The molecule has 0 aliphatic carbocycles. The second-order valence-electron chi connectivity index (χ2n) is 5.52. The average molecular weight is 325 g/mol. The van der Waals surface area contributed by atoms with Gasteiger partial charge in [-0.2, -0.15) is 0 Å². The minimum absolute atomic E-state index is 0.0960. The molecular formula is C18H19N3O3. The van der Waals surface area contributed by atoms with Gasteiger partial charge in [-0.1, -0.05) is 18.2 Å². The van der Waals surface area contributed by atoms with Gasteiger partial charge in [0.1, 0.15) is 5.75 Å². The van der Waals surface area contributed by atoms with Gasteiger partial charge < -0.3 is 10.5 Å². The molecular weight excluding hydrogens is 306 g/mol. The smallest absolute Gasteiger partial charge is 0.328 e. The summed E-state index contributed by atoms with van der Waals surface area (Å²) in [5, 5.41) is 0. The summed E-state index contributed by atoms with van der Waals surface area (Å²) in [5.41, 5.74) is 7.18. The number of ether oxygens (including phenoxy) is 1. The molecule has 24 heavy (non-hydrogen) atoms. The normalized spacial score (nSPS) is 14.6. The van der Waals surface area contributed by atoms with E-state index in [1.54, 1.807) is 28.0 Å². The van der Waals surface area contributed by atoms with Crippen molar-refractivity contribution < 1.29 is 14.3 Å². The van der Waals surface area contributed by atoms with Gasteiger partial charge in [-0.15, -0.1) is 0 Å². The van der Waals surface area contributed by atoms with Crippen LogP contribution < -0.4 is 20.3 Å². The van der Waals surface area contributed by atoms with Gasteiger partial charge in [-0.25, -0.2) is 4.79 Å². The first kappa shape index (κ1) is 15.9. The van der Waals surface area contributed by atoms with Crippen LogP contribution in [0.1, 0.15) is 16.8 Å². The number of para-hydroxylation sites is 1. The maximum absolute atomic E-state index is 12.9. The van der Waals surface area contributed by atoms with E-state index in [4.69, 9.17) is 10.5 Å². The lowest BCUT2D eigenvalue weighted by Gasteiger charge is -2.35. The van der Waals surface area contributed by atoms with Gasteiger partial charge in [-0.05, 0) is 30.7 Å². The Morgan fingerprint density at radius 2 is 1.71 bits per heavy atom. The molecule has 2 aromatic carbocycles. The third kappa shape index (κ3) is 2.90. The quantitative estimate of drug-likeness (QED) is 0.939. The molecule has 1 fully saturated rings. The van der Waals surface area contributed by atoms with Crippen LogP contribution in [0.3, 0.4) is 0 Å². The number of methoxy groups -OCH3 is 1. The van der Waals surface area contributed by atoms with Gasteiger partial charge in [0.25, 0.3) is 5.91 Å². The summed E-state index contributed by atoms with van der Waals surface area (Å²) >= 11 is 0. The van der Waals surface area contributed by atoms with E-state index in [1.165, 1.54) is 7.11 Å². The Morgan fingerprint density at radius 1 is 1.04 bits per heavy atom. The first-order chi connectivity index (χ1) is 11.6. The van der Waals surface area contributed by atoms with Crippen molar-refractivity contribution in [3.8, 4) is 5.75 Å². The molecule has 2 aromatic rings. The summed E-state index contributed by atoms with van der Waals surface area (Å²) in [4.78, 5) is 27.7. The lowest BCUT2D eigenvalue weighted by molar-refractivity contribution is 0.0997. The molecule has 0 radical (unpaired) electrons. The summed E-state index contributed by atoms with van der Waals surface area (Å²) in [6.45, 7) is 1.29. The van der Waals surface area contributed by atoms with Crippen molar-refractivity contribution in [3.05, 3.63) is 54.1 Å². The largest absolute Gasteiger partial charge is 0.496 e. The zero-order chi connectivity index (χ0) is 17.1. The number of carbonyl (C=O) groups excluding carboxylic acids is 2. The molecule has 1 saturated heterocycles. The van der Waals surface area contributed by atoms with E-state index in [2.05, 4.69) is 0 Å². The van der Waals surface area contributed by atoms with Gasteiger partial charge in [-0.3, -0.25) is 14.6 Å². The molecule has 0 saturated carbocycles. The summed E-state index contributed by atoms with van der Waals surface area (Å²) in [6.07, 6.45) is 0.848. The highest BCUT2D eigenvalue weighted by Gasteiger charge is 2.28. The van der Waals surface area contributed by atoms with E-state index in [0.717, 1.165) is 12.1 Å². The van der Waals surface area contributed by atoms with Crippen molar-refractivity contribution >= 4 is 23.3 Å². The summed E-state index contributed by atoms with van der Waals surface area (Å²) < 4.78 is 5.23. The van der Waals surface area contributed by atoms with Crippen LogP contribution in [0, 0.1) is 0 Å². The average Bonchev–Trinajstić information content (AvgIpc) is 2.62. The van der Waals surface area contributed by atoms with E-state index >= 15 is 0 Å². The number of primary amides is 1. The predicted octanol–water partition coefficient (Wildman–Crippen LogP) is 2.63. The Labute approximate surface area is 140 Å². The first-order valence-electron chi connectivity index (χ1n) is 7.73. The van der Waals surface area contributed by atoms with Crippen LogP contribution in [0.2, 0.25) is 0 Å². The van der Waals surface area contributed by atoms with Gasteiger partial charge in [0.2, 0.25) is 0 Å². The van der Waals surface area contributed by atoms with Crippen molar-refractivity contribution in [2.75, 3.05) is 30.0 Å². The van der Waals surface area contributed by atoms with Crippen LogP contribution in [-0.4, -0.2) is 32.1 Å². The van der Waals surface area contributed by atoms with Crippen molar-refractivity contribution in [1.82, 2.24) is 0 Å². The lowest BCUT2D eigenvalue weighted by Crippen LogP contribution is -2.49. The Kier molecular flexibility index (Phi) is 4.37. The van der Waals surface area contributed by atoms with Crippen LogP contribution in [0.25, 0.3) is 0 Å². The number of carbonyl (C=O) groups is 2. The number of hydrogen-bond acceptors (Lipinski definition) is 3. The second-order valence-corrected chi connectivity index (χ2v) is 5.52. The van der Waals surface area contributed by atoms with Crippen LogP contribution in [-0.2, 0) is 0 Å². The van der Waals surface area contributed by atoms with Gasteiger partial charge >= 0.3 is 6.03 Å². The minimum Gasteiger partial charge on any atom is -0.496 e. The molecule has 2 N–H and O–H groups in total. The molecule has 3 rings (SSSR count). The number of benzene rings is 2. The number of nitrogens with zero attached hydrogens (tertiary/aromatic N) is 2. The maximum atomic E-state index is 12.9. The maximum Gasteiger partial charge on any atom is 0.328 e. The van der Waals surface area contributed by atoms with E-state index in [-0.39, 0.29) is 6.03 Å². The molecule has 0 aromatic heterocycles. The number of anilines is 2. The Balaban J connectivity index is 1.91. The summed E-state index contributed by atoms with van der Waals surface area (Å²) in [7, 11) is 1.47. The number of hydrogen-bond donors (Lipinski definition) is 1. The highest BCUT2D eigenvalue weighted by molar-refractivity contribution is 6.05. The van der Waals surface area contributed by atoms with Crippen molar-refractivity contribution in [2.45, 2.75) is 6.42 Å². The van der Waals surface area contributed by atoms with Crippen LogP contribution >= 0.6 is 0 Å². The minimum atomic E-state index is -0.561. The van der Waals surface area contributed by atoms with Crippen LogP contribution in [0.5, 0.6) is 5.75 Å². The van der Waals surface area contributed by atoms with Crippen molar-refractivity contribution in [2.24, 2.45) is 5.73 Å². The number of urea groups is 1. The number of rotatable bonds is 4. The topological polar surface area (TPSA) is 75.9 Å². The van der Waals surface area contributed by atoms with Crippen molar-refractivity contribution in [1.29, 1.82) is 0 Å². The molecule has 0 atom stereocenters. The molecule has 6 nitrogen and oxygen atoms in total. The molecule has 1 heterocycles. The van der Waals surface area contributed by atoms with Gasteiger partial charge in [0.05, 0.1) is 12.7 Å².